The van der Waals surface area contributed by atoms with E-state index in [2.05, 4.69) is 50.9 Å². The number of amides is 1. The van der Waals surface area contributed by atoms with Gasteiger partial charge in [0.2, 0.25) is 5.91 Å². The number of nitrogens with one attached hydrogen (secondary N) is 1. The molecule has 1 atom stereocenters. The number of aromatic nitrogens is 4. The molecule has 0 aliphatic carbocycles. The van der Waals surface area contributed by atoms with Gasteiger partial charge >= 0.3 is 0 Å². The highest BCUT2D eigenvalue weighted by Gasteiger charge is 2.17. The van der Waals surface area contributed by atoms with Crippen molar-refractivity contribution in [2.45, 2.75) is 39.4 Å². The zero-order valence-corrected chi connectivity index (χ0v) is 14.1. The molecule has 2 heterocycles. The number of benzene rings is 1. The first kappa shape index (κ1) is 16.6. The lowest BCUT2D eigenvalue weighted by atomic mass is 9.99. The van der Waals surface area contributed by atoms with E-state index >= 15 is 0 Å². The second-order valence-electron chi connectivity index (χ2n) is 6.54. The number of nitrogens with zero attached hydrogens (tertiary/aromatic N) is 5. The zero-order chi connectivity index (χ0) is 16.8. The van der Waals surface area contributed by atoms with Crippen LogP contribution < -0.4 is 5.32 Å². The molecule has 0 bridgehead atoms. The van der Waals surface area contributed by atoms with Gasteiger partial charge in [0.1, 0.15) is 12.9 Å². The van der Waals surface area contributed by atoms with E-state index in [-0.39, 0.29) is 12.5 Å². The molecule has 3 rings (SSSR count). The summed E-state index contributed by atoms with van der Waals surface area (Å²) in [7, 11) is 0. The van der Waals surface area contributed by atoms with Crippen molar-refractivity contribution < 1.29 is 4.79 Å². The molecule has 7 heteroatoms. The van der Waals surface area contributed by atoms with Crippen molar-refractivity contribution in [2.75, 3.05) is 13.1 Å². The highest BCUT2D eigenvalue weighted by Crippen LogP contribution is 2.19. The van der Waals surface area contributed by atoms with E-state index in [1.54, 1.807) is 0 Å². The predicted molar refractivity (Wildman–Crippen MR) is 89.8 cm³/mol. The molecule has 0 saturated carbocycles. The van der Waals surface area contributed by atoms with Gasteiger partial charge in [-0.3, -0.25) is 9.69 Å². The summed E-state index contributed by atoms with van der Waals surface area (Å²) in [6.07, 6.45) is 4.03. The summed E-state index contributed by atoms with van der Waals surface area (Å²) in [5.41, 5.74) is 2.45. The molecular weight excluding hydrogens is 304 g/mol. The van der Waals surface area contributed by atoms with Crippen LogP contribution in [-0.2, 0) is 24.4 Å². The van der Waals surface area contributed by atoms with Crippen LogP contribution in [0, 0.1) is 5.92 Å². The Morgan fingerprint density at radius 1 is 1.33 bits per heavy atom. The third kappa shape index (κ3) is 4.61. The van der Waals surface area contributed by atoms with E-state index in [9.17, 15) is 4.79 Å². The van der Waals surface area contributed by atoms with Gasteiger partial charge < -0.3 is 5.32 Å². The number of likely N-dealkylation sites (tertiary alicyclic amines) is 1. The maximum atomic E-state index is 12.0. The minimum Gasteiger partial charge on any atom is -0.350 e. The Morgan fingerprint density at radius 3 is 2.92 bits per heavy atom. The molecule has 2 aromatic rings. The van der Waals surface area contributed by atoms with E-state index in [4.69, 9.17) is 0 Å². The van der Waals surface area contributed by atoms with Gasteiger partial charge in [-0.2, -0.15) is 0 Å². The molecule has 1 aliphatic heterocycles. The smallest absolute Gasteiger partial charge is 0.242 e. The summed E-state index contributed by atoms with van der Waals surface area (Å²) in [6.45, 7) is 6.24. The lowest BCUT2D eigenvalue weighted by molar-refractivity contribution is -0.122. The van der Waals surface area contributed by atoms with Gasteiger partial charge in [0, 0.05) is 19.6 Å². The maximum Gasteiger partial charge on any atom is 0.242 e. The van der Waals surface area contributed by atoms with E-state index in [0.717, 1.165) is 25.6 Å². The largest absolute Gasteiger partial charge is 0.350 e. The predicted octanol–water partition coefficient (Wildman–Crippen LogP) is 1.22. The number of piperidine rings is 1. The Balaban J connectivity index is 1.56. The van der Waals surface area contributed by atoms with Crippen molar-refractivity contribution >= 4 is 5.91 Å². The summed E-state index contributed by atoms with van der Waals surface area (Å²) >= 11 is 0. The fourth-order valence-corrected chi connectivity index (χ4v) is 3.20. The molecule has 1 amide bonds. The summed E-state index contributed by atoms with van der Waals surface area (Å²) in [5, 5.41) is 13.7. The fraction of sp³-hybridized carbons (Fsp3) is 0.529. The lowest BCUT2D eigenvalue weighted by Gasteiger charge is -2.31. The molecule has 0 unspecified atom stereocenters. The van der Waals surface area contributed by atoms with Crippen LogP contribution in [0.4, 0.5) is 0 Å². The molecule has 1 fully saturated rings. The Bertz CT molecular complexity index is 657. The number of hydrogen-bond acceptors (Lipinski definition) is 5. The first-order valence-corrected chi connectivity index (χ1v) is 8.47. The van der Waals surface area contributed by atoms with Crippen molar-refractivity contribution in [3.63, 3.8) is 0 Å². The van der Waals surface area contributed by atoms with E-state index in [0.29, 0.717) is 6.54 Å². The van der Waals surface area contributed by atoms with Gasteiger partial charge in [0.05, 0.1) is 0 Å². The highest BCUT2D eigenvalue weighted by molar-refractivity contribution is 5.75. The third-order valence-electron chi connectivity index (χ3n) is 4.43. The van der Waals surface area contributed by atoms with Crippen LogP contribution in [0.2, 0.25) is 0 Å². The molecule has 7 nitrogen and oxygen atoms in total. The van der Waals surface area contributed by atoms with Gasteiger partial charge in [-0.05, 0) is 46.9 Å². The fourth-order valence-electron chi connectivity index (χ4n) is 3.20. The van der Waals surface area contributed by atoms with Crippen molar-refractivity contribution in [2.24, 2.45) is 5.92 Å². The minimum absolute atomic E-state index is 0.0938. The molecule has 1 aromatic heterocycles. The summed E-state index contributed by atoms with van der Waals surface area (Å²) in [5.74, 6) is 0.672. The molecule has 1 aromatic carbocycles. The zero-order valence-electron chi connectivity index (χ0n) is 14.1. The van der Waals surface area contributed by atoms with Crippen LogP contribution >= 0.6 is 0 Å². The molecule has 128 valence electrons. The number of carbonyl (C=O) groups excluding carboxylic acids is 1. The van der Waals surface area contributed by atoms with Crippen molar-refractivity contribution in [1.82, 2.24) is 30.4 Å². The van der Waals surface area contributed by atoms with E-state index in [1.807, 2.05) is 6.07 Å². The van der Waals surface area contributed by atoms with Crippen LogP contribution in [-0.4, -0.2) is 44.1 Å². The van der Waals surface area contributed by atoms with E-state index in [1.165, 1.54) is 35.0 Å². The van der Waals surface area contributed by atoms with Crippen LogP contribution in [0.25, 0.3) is 0 Å². The van der Waals surface area contributed by atoms with Gasteiger partial charge in [0.15, 0.2) is 0 Å². The molecule has 0 spiro atoms. The molecule has 0 radical (unpaired) electrons. The van der Waals surface area contributed by atoms with Gasteiger partial charge in [-0.25, -0.2) is 4.68 Å². The molecule has 1 saturated heterocycles. The number of rotatable bonds is 6. The molecule has 1 N–H and O–H groups in total. The van der Waals surface area contributed by atoms with Gasteiger partial charge in [-0.15, -0.1) is 5.10 Å². The SMILES string of the molecule is C[C@@H]1CCCN(Cc2ccccc2CNC(=O)Cn2cnnn2)C1. The van der Waals surface area contributed by atoms with Crippen molar-refractivity contribution in [3.05, 3.63) is 41.7 Å². The number of tetrazole rings is 1. The van der Waals surface area contributed by atoms with Gasteiger partial charge in [-0.1, -0.05) is 31.2 Å². The average Bonchev–Trinajstić information content (AvgIpc) is 3.07. The standard InChI is InChI=1S/C17H24N6O/c1-14-5-4-8-22(10-14)11-16-7-3-2-6-15(16)9-18-17(24)12-23-13-19-20-21-23/h2-3,6-7,13-14H,4-5,8-12H2,1H3,(H,18,24)/t14-/m1/s1. The summed E-state index contributed by atoms with van der Waals surface area (Å²) < 4.78 is 1.41. The quantitative estimate of drug-likeness (QED) is 0.863. The highest BCUT2D eigenvalue weighted by atomic mass is 16.2. The Hall–Kier alpha value is -2.28. The maximum absolute atomic E-state index is 12.0. The number of hydrogen-bond donors (Lipinski definition) is 1. The van der Waals surface area contributed by atoms with Crippen LogP contribution in [0.1, 0.15) is 30.9 Å². The minimum atomic E-state index is -0.0938. The Labute approximate surface area is 142 Å². The van der Waals surface area contributed by atoms with Crippen molar-refractivity contribution in [3.8, 4) is 0 Å². The topological polar surface area (TPSA) is 75.9 Å². The second-order valence-corrected chi connectivity index (χ2v) is 6.54. The average molecular weight is 328 g/mol. The summed E-state index contributed by atoms with van der Waals surface area (Å²) in [4.78, 5) is 14.5. The van der Waals surface area contributed by atoms with Crippen LogP contribution in [0.3, 0.4) is 0 Å². The first-order valence-electron chi connectivity index (χ1n) is 8.47. The summed E-state index contributed by atoms with van der Waals surface area (Å²) in [6, 6.07) is 8.32. The first-order chi connectivity index (χ1) is 11.7. The number of carbonyl (C=O) groups is 1. The lowest BCUT2D eigenvalue weighted by Crippen LogP contribution is -2.34. The van der Waals surface area contributed by atoms with Gasteiger partial charge in [0.25, 0.3) is 0 Å². The van der Waals surface area contributed by atoms with Crippen molar-refractivity contribution in [1.29, 1.82) is 0 Å². The van der Waals surface area contributed by atoms with Crippen LogP contribution in [0.15, 0.2) is 30.6 Å². The third-order valence-corrected chi connectivity index (χ3v) is 4.43. The molecular formula is C17H24N6O. The Morgan fingerprint density at radius 2 is 2.17 bits per heavy atom. The molecule has 1 aliphatic rings. The second kappa shape index (κ2) is 8.01. The monoisotopic (exact) mass is 328 g/mol. The van der Waals surface area contributed by atoms with Crippen LogP contribution in [0.5, 0.6) is 0 Å². The molecule has 24 heavy (non-hydrogen) atoms. The van der Waals surface area contributed by atoms with E-state index < -0.39 is 0 Å². The Kier molecular flexibility index (Phi) is 5.53. The normalized spacial score (nSPS) is 18.5.